The number of benzene rings is 1. The normalized spacial score (nSPS) is 17.3. The van der Waals surface area contributed by atoms with Crippen molar-refractivity contribution in [1.29, 1.82) is 0 Å². The van der Waals surface area contributed by atoms with E-state index < -0.39 is 0 Å². The molecule has 2 amide bonds. The van der Waals surface area contributed by atoms with Gasteiger partial charge < -0.3 is 16.0 Å². The summed E-state index contributed by atoms with van der Waals surface area (Å²) in [7, 11) is 0. The Morgan fingerprint density at radius 2 is 2.08 bits per heavy atom. The topological polar surface area (TPSA) is 106 Å². The molecule has 1 aliphatic rings. The lowest BCUT2D eigenvalue weighted by Crippen LogP contribution is -2.46. The summed E-state index contributed by atoms with van der Waals surface area (Å²) in [6, 6.07) is 9.41. The summed E-state index contributed by atoms with van der Waals surface area (Å²) in [5.74, 6) is -0.442. The molecule has 25 heavy (non-hydrogen) atoms. The third-order valence-corrected chi connectivity index (χ3v) is 4.22. The van der Waals surface area contributed by atoms with E-state index in [1.807, 2.05) is 30.3 Å². The van der Waals surface area contributed by atoms with Crippen LogP contribution in [0.15, 0.2) is 36.5 Å². The molecule has 3 N–H and O–H groups in total. The summed E-state index contributed by atoms with van der Waals surface area (Å²) in [5.41, 5.74) is 6.49. The molecule has 2 aromatic rings. The Balaban J connectivity index is 1.66. The fraction of sp³-hybridized carbons (Fsp3) is 0.412. The van der Waals surface area contributed by atoms with Gasteiger partial charge in [0.2, 0.25) is 5.91 Å². The number of carbonyl (C=O) groups is 2. The van der Waals surface area contributed by atoms with Gasteiger partial charge in [-0.05, 0) is 25.0 Å². The van der Waals surface area contributed by atoms with Gasteiger partial charge in [0.05, 0.1) is 17.8 Å². The molecular weight excluding hydrogens is 320 g/mol. The molecule has 132 valence electrons. The van der Waals surface area contributed by atoms with Gasteiger partial charge in [0.25, 0.3) is 5.91 Å². The number of rotatable bonds is 5. The van der Waals surface area contributed by atoms with E-state index in [4.69, 9.17) is 5.73 Å². The van der Waals surface area contributed by atoms with E-state index in [9.17, 15) is 9.59 Å². The molecule has 0 bridgehead atoms. The molecule has 2 heterocycles. The Morgan fingerprint density at radius 1 is 1.28 bits per heavy atom. The number of hydrogen-bond acceptors (Lipinski definition) is 5. The Bertz CT molecular complexity index is 730. The minimum absolute atomic E-state index is 0.0455. The SMILES string of the molecule is NCCNC(=O)C1CCCN(C(=O)c2cnn(-c3ccccc3)n2)C1. The van der Waals surface area contributed by atoms with E-state index in [1.165, 1.54) is 11.0 Å². The second-order valence-corrected chi connectivity index (χ2v) is 6.02. The fourth-order valence-corrected chi connectivity index (χ4v) is 2.92. The predicted octanol–water partition coefficient (Wildman–Crippen LogP) is 0.194. The van der Waals surface area contributed by atoms with Gasteiger partial charge in [0.1, 0.15) is 0 Å². The first-order valence-electron chi connectivity index (χ1n) is 8.44. The second-order valence-electron chi connectivity index (χ2n) is 6.02. The predicted molar refractivity (Wildman–Crippen MR) is 92.1 cm³/mol. The van der Waals surface area contributed by atoms with Crippen LogP contribution in [0.3, 0.4) is 0 Å². The number of nitrogens with one attached hydrogen (secondary N) is 1. The highest BCUT2D eigenvalue weighted by atomic mass is 16.2. The van der Waals surface area contributed by atoms with Crippen LogP contribution in [0.4, 0.5) is 0 Å². The molecule has 1 saturated heterocycles. The summed E-state index contributed by atoms with van der Waals surface area (Å²) in [6.07, 6.45) is 3.03. The second kappa shape index (κ2) is 7.89. The summed E-state index contributed by atoms with van der Waals surface area (Å²) >= 11 is 0. The number of piperidine rings is 1. The monoisotopic (exact) mass is 342 g/mol. The van der Waals surface area contributed by atoms with E-state index in [1.54, 1.807) is 4.90 Å². The Kier molecular flexibility index (Phi) is 5.39. The van der Waals surface area contributed by atoms with Crippen molar-refractivity contribution >= 4 is 11.8 Å². The van der Waals surface area contributed by atoms with Crippen LogP contribution in [0.2, 0.25) is 0 Å². The molecule has 3 rings (SSSR count). The highest BCUT2D eigenvalue weighted by Crippen LogP contribution is 2.18. The van der Waals surface area contributed by atoms with Crippen molar-refractivity contribution in [2.75, 3.05) is 26.2 Å². The molecule has 0 radical (unpaired) electrons. The fourth-order valence-electron chi connectivity index (χ4n) is 2.92. The summed E-state index contributed by atoms with van der Waals surface area (Å²) < 4.78 is 0. The standard InChI is InChI=1S/C17H22N6O2/c18-8-9-19-16(24)13-5-4-10-22(12-13)17(25)15-11-20-23(21-15)14-6-2-1-3-7-14/h1-3,6-7,11,13H,4-5,8-10,12,18H2,(H,19,24). The van der Waals surface area contributed by atoms with E-state index >= 15 is 0 Å². The number of likely N-dealkylation sites (tertiary alicyclic amines) is 1. The van der Waals surface area contributed by atoms with Crippen molar-refractivity contribution in [1.82, 2.24) is 25.2 Å². The highest BCUT2D eigenvalue weighted by molar-refractivity contribution is 5.92. The van der Waals surface area contributed by atoms with Gasteiger partial charge in [-0.2, -0.15) is 9.90 Å². The quantitative estimate of drug-likeness (QED) is 0.807. The number of nitrogens with zero attached hydrogens (tertiary/aromatic N) is 4. The van der Waals surface area contributed by atoms with Gasteiger partial charge in [-0.1, -0.05) is 18.2 Å². The maximum Gasteiger partial charge on any atom is 0.276 e. The third-order valence-electron chi connectivity index (χ3n) is 4.22. The molecule has 0 aliphatic carbocycles. The lowest BCUT2D eigenvalue weighted by Gasteiger charge is -2.31. The van der Waals surface area contributed by atoms with E-state index in [-0.39, 0.29) is 23.4 Å². The number of hydrogen-bond donors (Lipinski definition) is 2. The van der Waals surface area contributed by atoms with Gasteiger partial charge in [-0.3, -0.25) is 9.59 Å². The molecule has 1 fully saturated rings. The smallest absolute Gasteiger partial charge is 0.276 e. The average Bonchev–Trinajstić information content (AvgIpc) is 3.16. The molecular formula is C17H22N6O2. The van der Waals surface area contributed by atoms with Crippen molar-refractivity contribution in [2.24, 2.45) is 11.7 Å². The Hall–Kier alpha value is -2.74. The summed E-state index contributed by atoms with van der Waals surface area (Å²) in [5, 5.41) is 11.2. The van der Waals surface area contributed by atoms with Crippen molar-refractivity contribution < 1.29 is 9.59 Å². The van der Waals surface area contributed by atoms with Gasteiger partial charge in [-0.15, -0.1) is 5.10 Å². The maximum atomic E-state index is 12.7. The molecule has 8 heteroatoms. The molecule has 0 saturated carbocycles. The molecule has 1 unspecified atom stereocenters. The van der Waals surface area contributed by atoms with Gasteiger partial charge >= 0.3 is 0 Å². The summed E-state index contributed by atoms with van der Waals surface area (Å²) in [4.78, 5) is 27.9. The van der Waals surface area contributed by atoms with Gasteiger partial charge in [0, 0.05) is 26.2 Å². The van der Waals surface area contributed by atoms with Crippen LogP contribution in [0.5, 0.6) is 0 Å². The minimum atomic E-state index is -0.201. The van der Waals surface area contributed by atoms with Crippen LogP contribution >= 0.6 is 0 Å². The zero-order valence-corrected chi connectivity index (χ0v) is 14.0. The molecule has 1 aromatic carbocycles. The van der Waals surface area contributed by atoms with E-state index in [0.717, 1.165) is 18.5 Å². The molecule has 1 atom stereocenters. The van der Waals surface area contributed by atoms with Crippen LogP contribution < -0.4 is 11.1 Å². The molecule has 1 aromatic heterocycles. The number of aromatic nitrogens is 3. The Labute approximate surface area is 146 Å². The number of amides is 2. The molecule has 8 nitrogen and oxygen atoms in total. The largest absolute Gasteiger partial charge is 0.355 e. The highest BCUT2D eigenvalue weighted by Gasteiger charge is 2.29. The zero-order valence-electron chi connectivity index (χ0n) is 14.0. The zero-order chi connectivity index (χ0) is 17.6. The number of nitrogens with two attached hydrogens (primary N) is 1. The minimum Gasteiger partial charge on any atom is -0.355 e. The first kappa shape index (κ1) is 17.1. The van der Waals surface area contributed by atoms with Crippen molar-refractivity contribution in [3.05, 3.63) is 42.2 Å². The van der Waals surface area contributed by atoms with Crippen LogP contribution in [0.1, 0.15) is 23.3 Å². The third kappa shape index (κ3) is 4.03. The lowest BCUT2D eigenvalue weighted by atomic mass is 9.97. The van der Waals surface area contributed by atoms with Crippen LogP contribution in [0, 0.1) is 5.92 Å². The molecule has 0 spiro atoms. The van der Waals surface area contributed by atoms with Gasteiger partial charge in [-0.25, -0.2) is 0 Å². The Morgan fingerprint density at radius 3 is 2.84 bits per heavy atom. The number of carbonyl (C=O) groups excluding carboxylic acids is 2. The van der Waals surface area contributed by atoms with Gasteiger partial charge in [0.15, 0.2) is 5.69 Å². The van der Waals surface area contributed by atoms with Crippen LogP contribution in [-0.2, 0) is 4.79 Å². The number of para-hydroxylation sites is 1. The van der Waals surface area contributed by atoms with Crippen molar-refractivity contribution in [3.63, 3.8) is 0 Å². The van der Waals surface area contributed by atoms with E-state index in [2.05, 4.69) is 15.5 Å². The van der Waals surface area contributed by atoms with Crippen molar-refractivity contribution in [3.8, 4) is 5.69 Å². The van der Waals surface area contributed by atoms with Crippen molar-refractivity contribution in [2.45, 2.75) is 12.8 Å². The maximum absolute atomic E-state index is 12.7. The van der Waals surface area contributed by atoms with Crippen LogP contribution in [-0.4, -0.2) is 57.9 Å². The average molecular weight is 342 g/mol. The first-order valence-corrected chi connectivity index (χ1v) is 8.44. The first-order chi connectivity index (χ1) is 12.2. The summed E-state index contributed by atoms with van der Waals surface area (Å²) in [6.45, 7) is 1.88. The van der Waals surface area contributed by atoms with E-state index in [0.29, 0.717) is 26.2 Å². The molecule has 1 aliphatic heterocycles. The lowest BCUT2D eigenvalue weighted by molar-refractivity contribution is -0.126. The van der Waals surface area contributed by atoms with Crippen LogP contribution in [0.25, 0.3) is 5.69 Å².